The fraction of sp³-hybridized carbons (Fsp3) is 0.917. The highest BCUT2D eigenvalue weighted by atomic mass is 16.5. The maximum Gasteiger partial charge on any atom is 0.254 e. The van der Waals surface area contributed by atoms with Crippen LogP contribution < -0.4 is 0 Å². The molecule has 1 fully saturated rings. The van der Waals surface area contributed by atoms with E-state index < -0.39 is 5.60 Å². The Labute approximate surface area is 103 Å². The van der Waals surface area contributed by atoms with Gasteiger partial charge >= 0.3 is 0 Å². The summed E-state index contributed by atoms with van der Waals surface area (Å²) in [6.45, 7) is 5.24. The van der Waals surface area contributed by atoms with E-state index >= 15 is 0 Å². The number of ether oxygens (including phenoxy) is 2. The lowest BCUT2D eigenvalue weighted by molar-refractivity contribution is -0.155. The first-order valence-electron chi connectivity index (χ1n) is 6.08. The van der Waals surface area contributed by atoms with Crippen LogP contribution in [-0.2, 0) is 14.3 Å². The van der Waals surface area contributed by atoms with Crippen molar-refractivity contribution in [3.8, 4) is 0 Å². The predicted molar refractivity (Wildman–Crippen MR) is 63.7 cm³/mol. The Morgan fingerprint density at radius 1 is 1.53 bits per heavy atom. The summed E-state index contributed by atoms with van der Waals surface area (Å²) in [5.74, 6) is -0.00250. The number of piperidine rings is 1. The highest BCUT2D eigenvalue weighted by Gasteiger charge is 2.34. The van der Waals surface area contributed by atoms with Crippen LogP contribution in [0.3, 0.4) is 0 Å². The molecule has 0 aromatic carbocycles. The zero-order chi connectivity index (χ0) is 12.9. The van der Waals surface area contributed by atoms with Gasteiger partial charge in [-0.15, -0.1) is 0 Å². The van der Waals surface area contributed by atoms with Gasteiger partial charge < -0.3 is 19.5 Å². The number of methoxy groups -OCH3 is 1. The molecule has 17 heavy (non-hydrogen) atoms. The summed E-state index contributed by atoms with van der Waals surface area (Å²) in [4.78, 5) is 14.0. The zero-order valence-corrected chi connectivity index (χ0v) is 10.9. The molecule has 1 aliphatic rings. The van der Waals surface area contributed by atoms with E-state index in [-0.39, 0.29) is 18.6 Å². The van der Waals surface area contributed by atoms with E-state index in [4.69, 9.17) is 14.6 Å². The summed E-state index contributed by atoms with van der Waals surface area (Å²) in [5, 5.41) is 8.71. The van der Waals surface area contributed by atoms with Gasteiger partial charge in [-0.05, 0) is 26.7 Å². The van der Waals surface area contributed by atoms with Gasteiger partial charge in [0, 0.05) is 20.2 Å². The minimum Gasteiger partial charge on any atom is -0.394 e. The van der Waals surface area contributed by atoms with Crippen LogP contribution in [0.4, 0.5) is 0 Å². The van der Waals surface area contributed by atoms with Crippen LogP contribution in [0.1, 0.15) is 26.7 Å². The topological polar surface area (TPSA) is 59.0 Å². The monoisotopic (exact) mass is 245 g/mol. The van der Waals surface area contributed by atoms with Crippen LogP contribution >= 0.6 is 0 Å². The normalized spacial score (nSPS) is 21.6. The Kier molecular flexibility index (Phi) is 5.36. The smallest absolute Gasteiger partial charge is 0.254 e. The molecule has 0 aliphatic carbocycles. The van der Waals surface area contributed by atoms with Gasteiger partial charge in [-0.25, -0.2) is 0 Å². The molecule has 1 unspecified atom stereocenters. The number of aliphatic hydroxyl groups is 1. The largest absolute Gasteiger partial charge is 0.394 e. The zero-order valence-electron chi connectivity index (χ0n) is 10.9. The van der Waals surface area contributed by atoms with E-state index in [1.807, 2.05) is 0 Å². The number of hydrogen-bond donors (Lipinski definition) is 1. The van der Waals surface area contributed by atoms with Gasteiger partial charge in [-0.3, -0.25) is 4.79 Å². The molecule has 1 atom stereocenters. The third kappa shape index (κ3) is 3.94. The quantitative estimate of drug-likeness (QED) is 0.762. The van der Waals surface area contributed by atoms with Gasteiger partial charge in [0.05, 0.1) is 19.3 Å². The van der Waals surface area contributed by atoms with E-state index in [2.05, 4.69) is 0 Å². The fourth-order valence-electron chi connectivity index (χ4n) is 1.95. The third-order valence-corrected chi connectivity index (χ3v) is 3.14. The Morgan fingerprint density at radius 2 is 2.24 bits per heavy atom. The number of nitrogens with zero attached hydrogens (tertiary/aromatic N) is 1. The number of rotatable bonds is 5. The number of carbonyl (C=O) groups excluding carboxylic acids is 1. The maximum absolute atomic E-state index is 12.2. The van der Waals surface area contributed by atoms with Gasteiger partial charge in [0.2, 0.25) is 0 Å². The molecule has 1 saturated heterocycles. The van der Waals surface area contributed by atoms with E-state index in [0.29, 0.717) is 13.2 Å². The summed E-state index contributed by atoms with van der Waals surface area (Å²) in [7, 11) is 1.54. The maximum atomic E-state index is 12.2. The standard InChI is InChI=1S/C12H23NO4/c1-12(2,16-3)11(15)13-6-4-5-10(9-13)17-8-7-14/h10,14H,4-9H2,1-3H3. The lowest BCUT2D eigenvalue weighted by Crippen LogP contribution is -2.51. The van der Waals surface area contributed by atoms with Gasteiger partial charge in [0.25, 0.3) is 5.91 Å². The molecule has 1 rings (SSSR count). The van der Waals surface area contributed by atoms with Crippen molar-refractivity contribution in [3.63, 3.8) is 0 Å². The first-order chi connectivity index (χ1) is 8.01. The van der Waals surface area contributed by atoms with Gasteiger partial charge in [-0.2, -0.15) is 0 Å². The number of carbonyl (C=O) groups is 1. The van der Waals surface area contributed by atoms with Crippen LogP contribution in [0.15, 0.2) is 0 Å². The summed E-state index contributed by atoms with van der Waals surface area (Å²) < 4.78 is 10.7. The second-order valence-corrected chi connectivity index (χ2v) is 4.82. The highest BCUT2D eigenvalue weighted by Crippen LogP contribution is 2.19. The number of likely N-dealkylation sites (tertiary alicyclic amines) is 1. The van der Waals surface area contributed by atoms with Gasteiger partial charge in [0.15, 0.2) is 0 Å². The molecule has 1 aliphatic heterocycles. The summed E-state index contributed by atoms with van der Waals surface area (Å²) >= 11 is 0. The Bertz CT molecular complexity index is 255. The van der Waals surface area contributed by atoms with Crippen LogP contribution in [-0.4, -0.2) is 61.0 Å². The van der Waals surface area contributed by atoms with E-state index in [9.17, 15) is 4.79 Å². The summed E-state index contributed by atoms with van der Waals surface area (Å²) in [6, 6.07) is 0. The third-order valence-electron chi connectivity index (χ3n) is 3.14. The minimum absolute atomic E-state index is 0.00250. The number of amides is 1. The van der Waals surface area contributed by atoms with Crippen molar-refractivity contribution in [3.05, 3.63) is 0 Å². The molecule has 1 amide bonds. The van der Waals surface area contributed by atoms with Crippen molar-refractivity contribution < 1.29 is 19.4 Å². The SMILES string of the molecule is COC(C)(C)C(=O)N1CCCC(OCCO)C1. The van der Waals surface area contributed by atoms with Crippen molar-refractivity contribution in [2.45, 2.75) is 38.4 Å². The van der Waals surface area contributed by atoms with E-state index in [1.54, 1.807) is 25.9 Å². The Morgan fingerprint density at radius 3 is 2.82 bits per heavy atom. The van der Waals surface area contributed by atoms with Crippen molar-refractivity contribution in [2.24, 2.45) is 0 Å². The average molecular weight is 245 g/mol. The van der Waals surface area contributed by atoms with Crippen molar-refractivity contribution in [1.82, 2.24) is 4.90 Å². The molecular weight excluding hydrogens is 222 g/mol. The Balaban J connectivity index is 2.51. The second-order valence-electron chi connectivity index (χ2n) is 4.82. The fourth-order valence-corrected chi connectivity index (χ4v) is 1.95. The van der Waals surface area contributed by atoms with Crippen LogP contribution in [0, 0.1) is 0 Å². The summed E-state index contributed by atoms with van der Waals surface area (Å²) in [6.07, 6.45) is 1.91. The molecule has 0 bridgehead atoms. The highest BCUT2D eigenvalue weighted by molar-refractivity contribution is 5.84. The molecule has 1 N–H and O–H groups in total. The molecular formula is C12H23NO4. The minimum atomic E-state index is -0.779. The molecule has 0 spiro atoms. The van der Waals surface area contributed by atoms with Crippen LogP contribution in [0.25, 0.3) is 0 Å². The molecule has 1 heterocycles. The average Bonchev–Trinajstić information content (AvgIpc) is 2.35. The van der Waals surface area contributed by atoms with E-state index in [0.717, 1.165) is 19.4 Å². The van der Waals surface area contributed by atoms with Crippen LogP contribution in [0.5, 0.6) is 0 Å². The Hall–Kier alpha value is -0.650. The molecule has 0 aromatic heterocycles. The lowest BCUT2D eigenvalue weighted by atomic mass is 10.0. The first kappa shape index (κ1) is 14.4. The van der Waals surface area contributed by atoms with Crippen molar-refractivity contribution >= 4 is 5.91 Å². The number of aliphatic hydroxyl groups excluding tert-OH is 1. The van der Waals surface area contributed by atoms with Crippen LogP contribution in [0.2, 0.25) is 0 Å². The summed E-state index contributed by atoms with van der Waals surface area (Å²) in [5.41, 5.74) is -0.779. The van der Waals surface area contributed by atoms with Gasteiger partial charge in [-0.1, -0.05) is 0 Å². The molecule has 5 nitrogen and oxygen atoms in total. The molecule has 0 radical (unpaired) electrons. The van der Waals surface area contributed by atoms with Gasteiger partial charge in [0.1, 0.15) is 5.60 Å². The van der Waals surface area contributed by atoms with E-state index in [1.165, 1.54) is 0 Å². The molecule has 5 heteroatoms. The molecule has 0 saturated carbocycles. The molecule has 100 valence electrons. The predicted octanol–water partition coefficient (Wildman–Crippen LogP) is 0.411. The number of hydrogen-bond acceptors (Lipinski definition) is 4. The lowest BCUT2D eigenvalue weighted by Gasteiger charge is -2.36. The first-order valence-corrected chi connectivity index (χ1v) is 6.08. The van der Waals surface area contributed by atoms with Crippen molar-refractivity contribution in [2.75, 3.05) is 33.4 Å². The second kappa shape index (κ2) is 6.33. The molecule has 0 aromatic rings. The van der Waals surface area contributed by atoms with Crippen molar-refractivity contribution in [1.29, 1.82) is 0 Å².